The third-order valence-corrected chi connectivity index (χ3v) is 4.04. The first-order chi connectivity index (χ1) is 9.41. The van der Waals surface area contributed by atoms with Crippen molar-refractivity contribution >= 4 is 21.9 Å². The summed E-state index contributed by atoms with van der Waals surface area (Å²) in [7, 11) is 0. The number of pyridine rings is 1. The van der Waals surface area contributed by atoms with E-state index in [1.807, 2.05) is 24.3 Å². The largest absolute Gasteiger partial charge is 0.478 e. The Morgan fingerprint density at radius 3 is 2.55 bits per heavy atom. The van der Waals surface area contributed by atoms with Crippen molar-refractivity contribution in [2.75, 3.05) is 0 Å². The van der Waals surface area contributed by atoms with Gasteiger partial charge >= 0.3 is 5.97 Å². The summed E-state index contributed by atoms with van der Waals surface area (Å²) in [5, 5.41) is 9.26. The zero-order valence-electron chi connectivity index (χ0n) is 11.2. The van der Waals surface area contributed by atoms with Gasteiger partial charge in [-0.1, -0.05) is 34.1 Å². The van der Waals surface area contributed by atoms with Crippen LogP contribution in [0.5, 0.6) is 0 Å². The van der Waals surface area contributed by atoms with E-state index in [0.29, 0.717) is 17.8 Å². The quantitative estimate of drug-likeness (QED) is 0.937. The average molecular weight is 336 g/mol. The Morgan fingerprint density at radius 2 is 1.95 bits per heavy atom. The van der Waals surface area contributed by atoms with Gasteiger partial charge < -0.3 is 9.67 Å². The van der Waals surface area contributed by atoms with Crippen LogP contribution in [0.3, 0.4) is 0 Å². The molecule has 1 aromatic carbocycles. The number of benzene rings is 1. The molecule has 20 heavy (non-hydrogen) atoms. The van der Waals surface area contributed by atoms with Gasteiger partial charge in [0.2, 0.25) is 0 Å². The monoisotopic (exact) mass is 335 g/mol. The second kappa shape index (κ2) is 5.63. The summed E-state index contributed by atoms with van der Waals surface area (Å²) >= 11 is 3.43. The number of carboxylic acids is 1. The molecule has 2 aromatic rings. The van der Waals surface area contributed by atoms with Gasteiger partial charge in [0, 0.05) is 16.2 Å². The van der Waals surface area contributed by atoms with Gasteiger partial charge in [0.05, 0.1) is 12.1 Å². The molecule has 0 saturated heterocycles. The Labute approximate surface area is 124 Å². The minimum atomic E-state index is -1.01. The number of hydrogen-bond acceptors (Lipinski definition) is 2. The molecule has 0 aliphatic carbocycles. The Kier molecular flexibility index (Phi) is 4.09. The van der Waals surface area contributed by atoms with Crippen LogP contribution in [0.4, 0.5) is 0 Å². The van der Waals surface area contributed by atoms with Gasteiger partial charge in [-0.15, -0.1) is 0 Å². The van der Waals surface area contributed by atoms with Crippen LogP contribution in [0.2, 0.25) is 0 Å². The lowest BCUT2D eigenvalue weighted by atomic mass is 10.1. The fourth-order valence-electron chi connectivity index (χ4n) is 2.24. The molecular weight excluding hydrogens is 322 g/mol. The zero-order valence-corrected chi connectivity index (χ0v) is 12.8. The maximum atomic E-state index is 12.1. The molecule has 0 bridgehead atoms. The third-order valence-electron chi connectivity index (χ3n) is 3.27. The Bertz CT molecular complexity index is 734. The SMILES string of the molecule is Cc1cc(=O)n(Cc2ccccc2Br)c(C)c1C(=O)O. The van der Waals surface area contributed by atoms with E-state index in [0.717, 1.165) is 10.0 Å². The second-order valence-corrected chi connectivity index (χ2v) is 5.46. The first-order valence-corrected chi connectivity index (χ1v) is 6.89. The summed E-state index contributed by atoms with van der Waals surface area (Å²) in [5.74, 6) is -1.01. The molecule has 5 heteroatoms. The molecule has 1 heterocycles. The molecule has 0 aliphatic heterocycles. The Hall–Kier alpha value is -1.88. The van der Waals surface area contributed by atoms with E-state index >= 15 is 0 Å². The van der Waals surface area contributed by atoms with Crippen LogP contribution in [0, 0.1) is 13.8 Å². The predicted molar refractivity (Wildman–Crippen MR) is 80.4 cm³/mol. The third kappa shape index (κ3) is 2.67. The van der Waals surface area contributed by atoms with Crippen LogP contribution in [0.1, 0.15) is 27.2 Å². The molecule has 0 spiro atoms. The molecule has 0 saturated carbocycles. The van der Waals surface area contributed by atoms with Crippen LogP contribution >= 0.6 is 15.9 Å². The normalized spacial score (nSPS) is 10.6. The van der Waals surface area contributed by atoms with Crippen LogP contribution in [-0.4, -0.2) is 15.6 Å². The van der Waals surface area contributed by atoms with Gasteiger partial charge in [-0.25, -0.2) is 4.79 Å². The van der Waals surface area contributed by atoms with Crippen molar-refractivity contribution < 1.29 is 9.90 Å². The fourth-order valence-corrected chi connectivity index (χ4v) is 2.65. The molecule has 0 aliphatic rings. The highest BCUT2D eigenvalue weighted by molar-refractivity contribution is 9.10. The number of rotatable bonds is 3. The number of carboxylic acid groups (broad SMARTS) is 1. The fraction of sp³-hybridized carbons (Fsp3) is 0.200. The molecule has 1 N–H and O–H groups in total. The number of hydrogen-bond donors (Lipinski definition) is 1. The van der Waals surface area contributed by atoms with E-state index < -0.39 is 5.97 Å². The van der Waals surface area contributed by atoms with Crippen molar-refractivity contribution in [3.05, 3.63) is 67.5 Å². The van der Waals surface area contributed by atoms with Crippen LogP contribution in [0.25, 0.3) is 0 Å². The molecule has 0 radical (unpaired) electrons. The topological polar surface area (TPSA) is 59.3 Å². The van der Waals surface area contributed by atoms with Gasteiger partial charge in [0.15, 0.2) is 0 Å². The maximum absolute atomic E-state index is 12.1. The average Bonchev–Trinajstić information content (AvgIpc) is 2.35. The minimum absolute atomic E-state index is 0.191. The van der Waals surface area contributed by atoms with Gasteiger partial charge in [0.25, 0.3) is 5.56 Å². The molecular formula is C15H14BrNO3. The van der Waals surface area contributed by atoms with Crippen LogP contribution in [0.15, 0.2) is 39.6 Å². The first-order valence-electron chi connectivity index (χ1n) is 6.09. The second-order valence-electron chi connectivity index (χ2n) is 4.61. The van der Waals surface area contributed by atoms with Crippen LogP contribution in [-0.2, 0) is 6.54 Å². The highest BCUT2D eigenvalue weighted by Crippen LogP contribution is 2.18. The standard InChI is InChI=1S/C15H14BrNO3/c1-9-7-13(18)17(10(2)14(9)15(19)20)8-11-5-3-4-6-12(11)16/h3-7H,8H2,1-2H3,(H,19,20). The van der Waals surface area contributed by atoms with E-state index in [2.05, 4.69) is 15.9 Å². The summed E-state index contributed by atoms with van der Waals surface area (Å²) in [6.07, 6.45) is 0. The molecule has 104 valence electrons. The van der Waals surface area contributed by atoms with Crippen molar-refractivity contribution in [1.29, 1.82) is 0 Å². The number of aromatic nitrogens is 1. The van der Waals surface area contributed by atoms with Crippen molar-refractivity contribution in [3.8, 4) is 0 Å². The van der Waals surface area contributed by atoms with Crippen molar-refractivity contribution in [2.45, 2.75) is 20.4 Å². The Balaban J connectivity index is 2.58. The van der Waals surface area contributed by atoms with E-state index in [9.17, 15) is 14.7 Å². The van der Waals surface area contributed by atoms with E-state index in [-0.39, 0.29) is 11.1 Å². The summed E-state index contributed by atoms with van der Waals surface area (Å²) in [6, 6.07) is 8.93. The molecule has 2 rings (SSSR count). The highest BCUT2D eigenvalue weighted by atomic mass is 79.9. The van der Waals surface area contributed by atoms with E-state index in [1.165, 1.54) is 10.6 Å². The van der Waals surface area contributed by atoms with E-state index in [1.54, 1.807) is 13.8 Å². The van der Waals surface area contributed by atoms with E-state index in [4.69, 9.17) is 0 Å². The van der Waals surface area contributed by atoms with Gasteiger partial charge in [-0.2, -0.15) is 0 Å². The maximum Gasteiger partial charge on any atom is 0.337 e. The van der Waals surface area contributed by atoms with Crippen LogP contribution < -0.4 is 5.56 Å². The summed E-state index contributed by atoms with van der Waals surface area (Å²) in [5.41, 5.74) is 1.89. The number of nitrogens with zero attached hydrogens (tertiary/aromatic N) is 1. The summed E-state index contributed by atoms with van der Waals surface area (Å²) < 4.78 is 2.38. The number of halogens is 1. The highest BCUT2D eigenvalue weighted by Gasteiger charge is 2.16. The molecule has 1 aromatic heterocycles. The minimum Gasteiger partial charge on any atom is -0.478 e. The Morgan fingerprint density at radius 1 is 1.30 bits per heavy atom. The molecule has 0 atom stereocenters. The first kappa shape index (κ1) is 14.5. The predicted octanol–water partition coefficient (Wildman–Crippen LogP) is 2.97. The smallest absolute Gasteiger partial charge is 0.337 e. The van der Waals surface area contributed by atoms with Gasteiger partial charge in [-0.3, -0.25) is 4.79 Å². The number of carbonyl (C=O) groups is 1. The lowest BCUT2D eigenvalue weighted by Crippen LogP contribution is -2.26. The van der Waals surface area contributed by atoms with Crippen molar-refractivity contribution in [2.24, 2.45) is 0 Å². The summed E-state index contributed by atoms with van der Waals surface area (Å²) in [4.78, 5) is 23.4. The molecule has 4 nitrogen and oxygen atoms in total. The van der Waals surface area contributed by atoms with Gasteiger partial charge in [-0.05, 0) is 31.0 Å². The van der Waals surface area contributed by atoms with Crippen molar-refractivity contribution in [3.63, 3.8) is 0 Å². The molecule has 0 amide bonds. The summed E-state index contributed by atoms with van der Waals surface area (Å²) in [6.45, 7) is 3.64. The number of aryl methyl sites for hydroxylation is 1. The van der Waals surface area contributed by atoms with Crippen molar-refractivity contribution in [1.82, 2.24) is 4.57 Å². The number of aromatic carboxylic acids is 1. The zero-order chi connectivity index (χ0) is 14.9. The molecule has 0 unspecified atom stereocenters. The van der Waals surface area contributed by atoms with Gasteiger partial charge in [0.1, 0.15) is 0 Å². The lowest BCUT2D eigenvalue weighted by molar-refractivity contribution is 0.0694. The molecule has 0 fully saturated rings. The lowest BCUT2D eigenvalue weighted by Gasteiger charge is -2.14.